The van der Waals surface area contributed by atoms with E-state index in [0.29, 0.717) is 38.2 Å². The first-order valence-corrected chi connectivity index (χ1v) is 19.0. The van der Waals surface area contributed by atoms with Crippen LogP contribution in [0.4, 0.5) is 11.4 Å². The summed E-state index contributed by atoms with van der Waals surface area (Å²) in [6.07, 6.45) is 2.19. The maximum Gasteiger partial charge on any atom is 0.260 e. The monoisotopic (exact) mass is 815 g/mol. The first-order valence-electron chi connectivity index (χ1n) is 17.9. The molecule has 0 unspecified atom stereocenters. The highest BCUT2D eigenvalue weighted by atomic mass is 35.5. The van der Waals surface area contributed by atoms with E-state index in [1.165, 1.54) is 32.3 Å². The van der Waals surface area contributed by atoms with Gasteiger partial charge in [0.2, 0.25) is 17.6 Å². The summed E-state index contributed by atoms with van der Waals surface area (Å²) in [6, 6.07) is 19.9. The summed E-state index contributed by atoms with van der Waals surface area (Å²) in [4.78, 5) is 60.6. The van der Waals surface area contributed by atoms with E-state index in [2.05, 4.69) is 5.43 Å². The number of benzene rings is 4. The molecule has 2 saturated heterocycles. The Morgan fingerprint density at radius 1 is 0.786 bits per heavy atom. The van der Waals surface area contributed by atoms with E-state index >= 15 is 9.59 Å². The second-order valence-corrected chi connectivity index (χ2v) is 15.7. The quantitative estimate of drug-likeness (QED) is 0.135. The van der Waals surface area contributed by atoms with E-state index in [9.17, 15) is 14.7 Å². The molecule has 11 nitrogen and oxygen atoms in total. The van der Waals surface area contributed by atoms with E-state index < -0.39 is 52.7 Å². The number of nitrogens with one attached hydrogen (secondary N) is 1. The third kappa shape index (κ3) is 5.54. The van der Waals surface area contributed by atoms with E-state index in [1.807, 2.05) is 13.0 Å². The molecule has 8 rings (SSSR count). The zero-order valence-electron chi connectivity index (χ0n) is 30.6. The van der Waals surface area contributed by atoms with Gasteiger partial charge in [0, 0.05) is 16.0 Å². The molecule has 4 aromatic rings. The van der Waals surface area contributed by atoms with Gasteiger partial charge in [-0.2, -0.15) is 5.01 Å². The molecular weight excluding hydrogens is 781 g/mol. The number of anilines is 2. The third-order valence-electron chi connectivity index (χ3n) is 11.8. The summed E-state index contributed by atoms with van der Waals surface area (Å²) < 4.78 is 16.7. The molecule has 2 N–H and O–H groups in total. The molecule has 14 heteroatoms. The Labute approximate surface area is 337 Å². The molecule has 2 aliphatic carbocycles. The van der Waals surface area contributed by atoms with Gasteiger partial charge in [-0.05, 0) is 97.0 Å². The molecule has 288 valence electrons. The van der Waals surface area contributed by atoms with E-state index in [0.717, 1.165) is 10.6 Å². The van der Waals surface area contributed by atoms with E-state index in [-0.39, 0.29) is 46.7 Å². The highest BCUT2D eigenvalue weighted by Crippen LogP contribution is 2.65. The number of carbonyl (C=O) groups excluding carboxylic acids is 4. The first kappa shape index (κ1) is 37.7. The van der Waals surface area contributed by atoms with Gasteiger partial charge in [0.15, 0.2) is 11.5 Å². The molecule has 0 bridgehead atoms. The van der Waals surface area contributed by atoms with Crippen LogP contribution in [-0.2, 0) is 24.6 Å². The van der Waals surface area contributed by atoms with Gasteiger partial charge in [0.25, 0.3) is 11.8 Å². The molecule has 1 saturated carbocycles. The zero-order chi connectivity index (χ0) is 39.8. The lowest BCUT2D eigenvalue weighted by atomic mass is 9.49. The fraction of sp³-hybridized carbons (Fsp3) is 0.286. The summed E-state index contributed by atoms with van der Waals surface area (Å²) in [5, 5.41) is 13.0. The van der Waals surface area contributed by atoms with Crippen LogP contribution in [0.25, 0.3) is 0 Å². The normalized spacial score (nSPS) is 25.4. The van der Waals surface area contributed by atoms with Crippen molar-refractivity contribution in [3.05, 3.63) is 116 Å². The lowest BCUT2D eigenvalue weighted by molar-refractivity contribution is -0.138. The van der Waals surface area contributed by atoms with Gasteiger partial charge in [-0.25, -0.2) is 4.90 Å². The molecule has 0 aromatic heterocycles. The zero-order valence-corrected chi connectivity index (χ0v) is 32.9. The Morgan fingerprint density at radius 2 is 1.48 bits per heavy atom. The summed E-state index contributed by atoms with van der Waals surface area (Å²) in [5.74, 6) is -5.69. The van der Waals surface area contributed by atoms with Crippen molar-refractivity contribution in [3.8, 4) is 23.0 Å². The van der Waals surface area contributed by atoms with Crippen LogP contribution in [0, 0.1) is 30.6 Å². The predicted octanol–water partition coefficient (Wildman–Crippen LogP) is 7.88. The van der Waals surface area contributed by atoms with Crippen molar-refractivity contribution in [3.63, 3.8) is 0 Å². The number of imide groups is 2. The highest BCUT2D eigenvalue weighted by molar-refractivity contribution is 6.36. The molecule has 3 fully saturated rings. The van der Waals surface area contributed by atoms with Crippen molar-refractivity contribution < 1.29 is 38.5 Å². The number of ether oxygens (including phenoxy) is 3. The SMILES string of the molecule is COc1ccc([C@@]23C(=O)N(Nc4ccc(Cl)cc4Cl)C(=O)[C@@H]2C[C@@H]2C(=CC[C@@H]4C(=O)N(c5ccc(C)c(Cl)c5)C(=O)[C@@H]42)[C@@H]3c2cc(OC)c(O)c(OC)c2)cc1. The van der Waals surface area contributed by atoms with Crippen LogP contribution in [0.3, 0.4) is 0 Å². The predicted molar refractivity (Wildman–Crippen MR) is 211 cm³/mol. The van der Waals surface area contributed by atoms with Gasteiger partial charge >= 0.3 is 0 Å². The van der Waals surface area contributed by atoms with Crippen molar-refractivity contribution in [1.82, 2.24) is 5.01 Å². The van der Waals surface area contributed by atoms with Gasteiger partial charge < -0.3 is 19.3 Å². The number of aromatic hydroxyl groups is 1. The number of hydrazine groups is 1. The van der Waals surface area contributed by atoms with Crippen LogP contribution in [0.1, 0.15) is 35.4 Å². The summed E-state index contributed by atoms with van der Waals surface area (Å²) in [5.41, 5.74) is 4.47. The van der Waals surface area contributed by atoms with Gasteiger partial charge in [-0.15, -0.1) is 0 Å². The number of halogens is 3. The van der Waals surface area contributed by atoms with Crippen LogP contribution >= 0.6 is 34.8 Å². The Morgan fingerprint density at radius 3 is 2.11 bits per heavy atom. The summed E-state index contributed by atoms with van der Waals surface area (Å²) in [6.45, 7) is 1.83. The average molecular weight is 817 g/mol. The van der Waals surface area contributed by atoms with Crippen LogP contribution in [0.5, 0.6) is 23.0 Å². The molecule has 4 aliphatic rings. The topological polar surface area (TPSA) is 135 Å². The second kappa shape index (κ2) is 14.1. The van der Waals surface area contributed by atoms with Crippen LogP contribution in [-0.4, -0.2) is 55.1 Å². The van der Waals surface area contributed by atoms with Crippen molar-refractivity contribution in [2.45, 2.75) is 31.1 Å². The minimum absolute atomic E-state index is 0.0561. The number of methoxy groups -OCH3 is 3. The number of allylic oxidation sites excluding steroid dienone is 2. The largest absolute Gasteiger partial charge is 0.502 e. The third-order valence-corrected chi connectivity index (χ3v) is 12.8. The van der Waals surface area contributed by atoms with Gasteiger partial charge in [0.1, 0.15) is 5.75 Å². The van der Waals surface area contributed by atoms with Crippen molar-refractivity contribution in [1.29, 1.82) is 0 Å². The molecule has 0 radical (unpaired) electrons. The lowest BCUT2D eigenvalue weighted by Gasteiger charge is -2.50. The van der Waals surface area contributed by atoms with Gasteiger partial charge in [-0.3, -0.25) is 24.6 Å². The van der Waals surface area contributed by atoms with E-state index in [1.54, 1.807) is 66.7 Å². The molecule has 0 spiro atoms. The number of hydrogen-bond donors (Lipinski definition) is 2. The molecule has 56 heavy (non-hydrogen) atoms. The Balaban J connectivity index is 1.36. The fourth-order valence-electron chi connectivity index (χ4n) is 9.27. The maximum atomic E-state index is 15.5. The molecular formula is C42H36Cl3N3O8. The fourth-order valence-corrected chi connectivity index (χ4v) is 9.90. The van der Waals surface area contributed by atoms with Crippen molar-refractivity contribution in [2.24, 2.45) is 23.7 Å². The summed E-state index contributed by atoms with van der Waals surface area (Å²) >= 11 is 19.2. The van der Waals surface area contributed by atoms with Crippen molar-refractivity contribution in [2.75, 3.05) is 31.7 Å². The van der Waals surface area contributed by atoms with Gasteiger partial charge in [-0.1, -0.05) is 64.7 Å². The number of phenolic OH excluding ortho intramolecular Hbond substituents is 1. The Bertz CT molecular complexity index is 2340. The van der Waals surface area contributed by atoms with Gasteiger partial charge in [0.05, 0.1) is 60.9 Å². The summed E-state index contributed by atoms with van der Waals surface area (Å²) in [7, 11) is 4.33. The number of rotatable bonds is 8. The number of aryl methyl sites for hydroxylation is 1. The number of nitrogens with zero attached hydrogens (tertiary/aromatic N) is 2. The number of phenols is 1. The number of hydrogen-bond acceptors (Lipinski definition) is 9. The first-order chi connectivity index (χ1) is 26.8. The lowest BCUT2D eigenvalue weighted by Crippen LogP contribution is -2.53. The molecule has 4 amide bonds. The molecule has 6 atom stereocenters. The smallest absolute Gasteiger partial charge is 0.260 e. The van der Waals surface area contributed by atoms with Crippen LogP contribution < -0.4 is 24.5 Å². The number of amides is 4. The second-order valence-electron chi connectivity index (χ2n) is 14.4. The number of carbonyl (C=O) groups is 4. The van der Waals surface area contributed by atoms with Crippen LogP contribution in [0.2, 0.25) is 15.1 Å². The minimum Gasteiger partial charge on any atom is -0.502 e. The average Bonchev–Trinajstić information content (AvgIpc) is 3.57. The number of fused-ring (bicyclic) bond motifs is 4. The highest BCUT2D eigenvalue weighted by Gasteiger charge is 2.70. The molecule has 4 aromatic carbocycles. The maximum absolute atomic E-state index is 15.5. The molecule has 2 aliphatic heterocycles. The van der Waals surface area contributed by atoms with E-state index in [4.69, 9.17) is 49.0 Å². The molecule has 2 heterocycles. The van der Waals surface area contributed by atoms with Crippen LogP contribution in [0.15, 0.2) is 84.4 Å². The standard InChI is InChI=1S/C42H36Cl3N3O8/c1-20-5-9-24(18-30(20)44)47-38(50)27-13-12-26-28(35(27)40(47)52)19-29-39(51)48(46-32-14-8-23(43)17-31(32)45)41(53)42(29,22-6-10-25(54-2)11-7-22)36(26)21-15-33(55-3)37(49)34(16-21)56-4/h5-12,14-18,27-29,35-36,46,49H,13,19H2,1-4H3/t27-,28+,29-,35-,36-,42+/m0/s1. The Kier molecular flexibility index (Phi) is 9.46. The minimum atomic E-state index is -1.63. The Hall–Kier alpha value is -5.23. The van der Waals surface area contributed by atoms with Crippen molar-refractivity contribution >= 4 is 69.8 Å².